The molecule has 0 N–H and O–H groups in total. The Morgan fingerprint density at radius 2 is 1.54 bits per heavy atom. The van der Waals surface area contributed by atoms with Crippen LogP contribution in [0.15, 0.2) is 53.0 Å². The predicted molar refractivity (Wildman–Crippen MR) is 92.4 cm³/mol. The number of amides is 3. The van der Waals surface area contributed by atoms with E-state index in [1.807, 2.05) is 24.3 Å². The molecule has 24 heavy (non-hydrogen) atoms. The van der Waals surface area contributed by atoms with Gasteiger partial charge in [-0.2, -0.15) is 0 Å². The molecule has 0 spiro atoms. The lowest BCUT2D eigenvalue weighted by Gasteiger charge is -2.20. The number of hydrogen-bond donors (Lipinski definition) is 0. The van der Waals surface area contributed by atoms with E-state index in [2.05, 4.69) is 15.9 Å². The van der Waals surface area contributed by atoms with E-state index in [0.717, 1.165) is 14.9 Å². The highest BCUT2D eigenvalue weighted by atomic mass is 79.9. The number of rotatable bonds is 4. The first kappa shape index (κ1) is 16.4. The van der Waals surface area contributed by atoms with E-state index < -0.39 is 11.8 Å². The Kier molecular flexibility index (Phi) is 4.49. The van der Waals surface area contributed by atoms with Crippen LogP contribution in [0.3, 0.4) is 0 Å². The van der Waals surface area contributed by atoms with Crippen molar-refractivity contribution < 1.29 is 14.4 Å². The zero-order chi connectivity index (χ0) is 17.3. The molecule has 0 fully saturated rings. The predicted octanol–water partition coefficient (Wildman–Crippen LogP) is 2.70. The molecule has 3 amide bonds. The summed E-state index contributed by atoms with van der Waals surface area (Å²) in [7, 11) is 1.66. The minimum absolute atomic E-state index is 0.251. The molecule has 1 heterocycles. The summed E-state index contributed by atoms with van der Waals surface area (Å²) in [6.07, 6.45) is 0. The summed E-state index contributed by atoms with van der Waals surface area (Å²) in [6, 6.07) is 14.2. The minimum atomic E-state index is -0.416. The van der Waals surface area contributed by atoms with Crippen LogP contribution in [-0.4, -0.2) is 41.1 Å². The van der Waals surface area contributed by atoms with Gasteiger partial charge in [0, 0.05) is 18.1 Å². The average Bonchev–Trinajstić information content (AvgIpc) is 2.82. The molecular weight excluding hydrogens is 372 g/mol. The van der Waals surface area contributed by atoms with Crippen molar-refractivity contribution in [3.05, 3.63) is 69.7 Å². The second-order valence-electron chi connectivity index (χ2n) is 5.62. The van der Waals surface area contributed by atoms with E-state index >= 15 is 0 Å². The first-order chi connectivity index (χ1) is 11.5. The van der Waals surface area contributed by atoms with E-state index in [9.17, 15) is 14.4 Å². The molecule has 0 unspecified atom stereocenters. The van der Waals surface area contributed by atoms with Gasteiger partial charge in [0.1, 0.15) is 6.54 Å². The van der Waals surface area contributed by atoms with Crippen LogP contribution < -0.4 is 0 Å². The quantitative estimate of drug-likeness (QED) is 0.759. The van der Waals surface area contributed by atoms with Gasteiger partial charge in [-0.25, -0.2) is 0 Å². The fourth-order valence-corrected chi connectivity index (χ4v) is 2.85. The monoisotopic (exact) mass is 386 g/mol. The Morgan fingerprint density at radius 3 is 2.08 bits per heavy atom. The molecule has 0 atom stereocenters. The number of carbonyl (C=O) groups is 3. The van der Waals surface area contributed by atoms with Crippen molar-refractivity contribution in [1.29, 1.82) is 0 Å². The van der Waals surface area contributed by atoms with Gasteiger partial charge in [-0.15, -0.1) is 0 Å². The maximum Gasteiger partial charge on any atom is 0.262 e. The molecule has 3 rings (SSSR count). The molecule has 2 aromatic rings. The van der Waals surface area contributed by atoms with Gasteiger partial charge in [-0.3, -0.25) is 19.3 Å². The van der Waals surface area contributed by atoms with Crippen molar-refractivity contribution in [3.63, 3.8) is 0 Å². The summed E-state index contributed by atoms with van der Waals surface area (Å²) < 4.78 is 0.964. The van der Waals surface area contributed by atoms with E-state index in [1.54, 1.807) is 31.3 Å². The van der Waals surface area contributed by atoms with Crippen molar-refractivity contribution in [2.45, 2.75) is 6.54 Å². The standard InChI is InChI=1S/C18H15BrN2O3/c1-20(10-12-6-8-13(19)9-7-12)16(22)11-21-17(23)14-4-2-3-5-15(14)18(21)24/h2-9H,10-11H2,1H3. The third-order valence-corrected chi connectivity index (χ3v) is 4.46. The molecule has 0 saturated carbocycles. The molecule has 1 aliphatic rings. The van der Waals surface area contributed by atoms with Crippen molar-refractivity contribution >= 4 is 33.7 Å². The fourth-order valence-electron chi connectivity index (χ4n) is 2.59. The Balaban J connectivity index is 1.68. The van der Waals surface area contributed by atoms with E-state index in [-0.39, 0.29) is 12.5 Å². The van der Waals surface area contributed by atoms with Gasteiger partial charge in [-0.1, -0.05) is 40.2 Å². The second kappa shape index (κ2) is 6.57. The number of benzene rings is 2. The number of nitrogens with zero attached hydrogens (tertiary/aromatic N) is 2. The molecule has 0 aliphatic carbocycles. The maximum atomic E-state index is 12.4. The highest BCUT2D eigenvalue weighted by molar-refractivity contribution is 9.10. The summed E-state index contributed by atoms with van der Waals surface area (Å²) in [5.41, 5.74) is 1.67. The molecule has 0 radical (unpaired) electrons. The van der Waals surface area contributed by atoms with Crippen LogP contribution in [0.5, 0.6) is 0 Å². The first-order valence-electron chi connectivity index (χ1n) is 7.41. The maximum absolute atomic E-state index is 12.4. The van der Waals surface area contributed by atoms with Gasteiger partial charge in [0.2, 0.25) is 5.91 Å². The number of imide groups is 1. The Bertz CT molecular complexity index is 782. The van der Waals surface area contributed by atoms with Crippen LogP contribution >= 0.6 is 15.9 Å². The van der Waals surface area contributed by atoms with E-state index in [0.29, 0.717) is 17.7 Å². The van der Waals surface area contributed by atoms with Gasteiger partial charge in [0.15, 0.2) is 0 Å². The van der Waals surface area contributed by atoms with Gasteiger partial charge in [0.05, 0.1) is 11.1 Å². The summed E-state index contributed by atoms with van der Waals surface area (Å²) in [6.45, 7) is 0.161. The lowest BCUT2D eigenvalue weighted by atomic mass is 10.1. The molecule has 5 nitrogen and oxygen atoms in total. The lowest BCUT2D eigenvalue weighted by molar-refractivity contribution is -0.130. The summed E-state index contributed by atoms with van der Waals surface area (Å²) in [5.74, 6) is -1.12. The number of halogens is 1. The zero-order valence-electron chi connectivity index (χ0n) is 13.0. The van der Waals surface area contributed by atoms with Crippen molar-refractivity contribution in [3.8, 4) is 0 Å². The minimum Gasteiger partial charge on any atom is -0.340 e. The smallest absolute Gasteiger partial charge is 0.262 e. The number of likely N-dealkylation sites (N-methyl/N-ethyl adjacent to an activating group) is 1. The average molecular weight is 387 g/mol. The molecule has 1 aliphatic heterocycles. The van der Waals surface area contributed by atoms with Crippen LogP contribution in [0.2, 0.25) is 0 Å². The fraction of sp³-hybridized carbons (Fsp3) is 0.167. The van der Waals surface area contributed by atoms with Crippen LogP contribution in [0, 0.1) is 0 Å². The number of carbonyl (C=O) groups excluding carboxylic acids is 3. The van der Waals surface area contributed by atoms with Gasteiger partial charge >= 0.3 is 0 Å². The van der Waals surface area contributed by atoms with E-state index in [1.165, 1.54) is 4.90 Å². The van der Waals surface area contributed by atoms with E-state index in [4.69, 9.17) is 0 Å². The molecule has 122 valence electrons. The third kappa shape index (κ3) is 3.10. The van der Waals surface area contributed by atoms with Crippen molar-refractivity contribution in [1.82, 2.24) is 9.80 Å². The van der Waals surface area contributed by atoms with Crippen molar-refractivity contribution in [2.24, 2.45) is 0 Å². The summed E-state index contributed by atoms with van der Waals surface area (Å²) in [4.78, 5) is 39.5. The number of fused-ring (bicyclic) bond motifs is 1. The Labute approximate surface area is 148 Å². The molecule has 0 bridgehead atoms. The molecule has 2 aromatic carbocycles. The van der Waals surface area contributed by atoms with Crippen LogP contribution in [-0.2, 0) is 11.3 Å². The SMILES string of the molecule is CN(Cc1ccc(Br)cc1)C(=O)CN1C(=O)c2ccccc2C1=O. The Hall–Kier alpha value is -2.47. The third-order valence-electron chi connectivity index (χ3n) is 3.93. The van der Waals surface area contributed by atoms with Gasteiger partial charge in [-0.05, 0) is 29.8 Å². The molecule has 0 aromatic heterocycles. The highest BCUT2D eigenvalue weighted by Gasteiger charge is 2.36. The lowest BCUT2D eigenvalue weighted by Crippen LogP contribution is -2.40. The largest absolute Gasteiger partial charge is 0.340 e. The first-order valence-corrected chi connectivity index (χ1v) is 8.20. The van der Waals surface area contributed by atoms with Crippen molar-refractivity contribution in [2.75, 3.05) is 13.6 Å². The summed E-state index contributed by atoms with van der Waals surface area (Å²) >= 11 is 3.36. The Morgan fingerprint density at radius 1 is 1.00 bits per heavy atom. The normalized spacial score (nSPS) is 13.2. The van der Waals surface area contributed by atoms with Crippen LogP contribution in [0.25, 0.3) is 0 Å². The molecular formula is C18H15BrN2O3. The van der Waals surface area contributed by atoms with Gasteiger partial charge in [0.25, 0.3) is 11.8 Å². The summed E-state index contributed by atoms with van der Waals surface area (Å²) in [5, 5.41) is 0. The van der Waals surface area contributed by atoms with Crippen LogP contribution in [0.4, 0.5) is 0 Å². The number of hydrogen-bond acceptors (Lipinski definition) is 3. The molecule has 6 heteroatoms. The topological polar surface area (TPSA) is 57.7 Å². The molecule has 0 saturated heterocycles. The highest BCUT2D eigenvalue weighted by Crippen LogP contribution is 2.22. The van der Waals surface area contributed by atoms with Crippen LogP contribution in [0.1, 0.15) is 26.3 Å². The van der Waals surface area contributed by atoms with Gasteiger partial charge < -0.3 is 4.90 Å². The second-order valence-corrected chi connectivity index (χ2v) is 6.53. The zero-order valence-corrected chi connectivity index (χ0v) is 14.6.